The van der Waals surface area contributed by atoms with E-state index in [2.05, 4.69) is 6.07 Å². The summed E-state index contributed by atoms with van der Waals surface area (Å²) >= 11 is 11.9. The molecule has 0 N–H and O–H groups in total. The van der Waals surface area contributed by atoms with Crippen molar-refractivity contribution in [1.82, 2.24) is 0 Å². The maximum atomic E-state index is 9.34. The minimum atomic E-state index is 0.443. The number of nitrogens with zero attached hydrogens (tertiary/aromatic N) is 2. The van der Waals surface area contributed by atoms with E-state index in [0.717, 1.165) is 16.8 Å². The molecule has 0 atom stereocenters. The summed E-state index contributed by atoms with van der Waals surface area (Å²) in [7, 11) is 3.97. The molecule has 0 amide bonds. The molecule has 0 fully saturated rings. The second-order valence-electron chi connectivity index (χ2n) is 4.78. The Labute approximate surface area is 134 Å². The van der Waals surface area contributed by atoms with Crippen molar-refractivity contribution in [2.75, 3.05) is 19.0 Å². The van der Waals surface area contributed by atoms with E-state index in [-0.39, 0.29) is 0 Å². The van der Waals surface area contributed by atoms with Gasteiger partial charge in [-0.25, -0.2) is 0 Å². The molecule has 4 heteroatoms. The van der Waals surface area contributed by atoms with Crippen LogP contribution in [0.25, 0.3) is 11.6 Å². The largest absolute Gasteiger partial charge is 0.378 e. The van der Waals surface area contributed by atoms with Gasteiger partial charge in [0.1, 0.15) is 0 Å². The number of hydrogen-bond acceptors (Lipinski definition) is 2. The molecule has 0 unspecified atom stereocenters. The van der Waals surface area contributed by atoms with E-state index < -0.39 is 0 Å². The molecule has 0 aliphatic carbocycles. The Morgan fingerprint density at radius 1 is 1.05 bits per heavy atom. The summed E-state index contributed by atoms with van der Waals surface area (Å²) < 4.78 is 0. The molecule has 0 aliphatic rings. The van der Waals surface area contributed by atoms with E-state index in [4.69, 9.17) is 23.2 Å². The Hall–Kier alpha value is -1.95. The van der Waals surface area contributed by atoms with Crippen LogP contribution in [0.1, 0.15) is 11.1 Å². The summed E-state index contributed by atoms with van der Waals surface area (Å²) in [6.07, 6.45) is 1.83. The van der Waals surface area contributed by atoms with Gasteiger partial charge in [0.25, 0.3) is 0 Å². The highest BCUT2D eigenvalue weighted by Gasteiger charge is 2.05. The third kappa shape index (κ3) is 3.78. The van der Waals surface area contributed by atoms with Crippen molar-refractivity contribution < 1.29 is 0 Å². The zero-order valence-electron chi connectivity index (χ0n) is 11.8. The van der Waals surface area contributed by atoms with Crippen molar-refractivity contribution in [1.29, 1.82) is 5.26 Å². The van der Waals surface area contributed by atoms with Crippen LogP contribution in [0, 0.1) is 11.3 Å². The molecule has 2 rings (SSSR count). The second kappa shape index (κ2) is 6.67. The summed E-state index contributed by atoms with van der Waals surface area (Å²) in [5.74, 6) is 0. The Morgan fingerprint density at radius 3 is 2.24 bits per heavy atom. The van der Waals surface area contributed by atoms with Crippen LogP contribution in [-0.2, 0) is 0 Å². The van der Waals surface area contributed by atoms with Crippen LogP contribution in [0.2, 0.25) is 10.0 Å². The first-order valence-electron chi connectivity index (χ1n) is 6.36. The Morgan fingerprint density at radius 2 is 1.71 bits per heavy atom. The molecular weight excluding hydrogens is 303 g/mol. The average molecular weight is 317 g/mol. The van der Waals surface area contributed by atoms with Gasteiger partial charge in [0.2, 0.25) is 0 Å². The van der Waals surface area contributed by atoms with Gasteiger partial charge in [-0.3, -0.25) is 0 Å². The molecular formula is C17H14Cl2N2. The van der Waals surface area contributed by atoms with E-state index in [9.17, 15) is 5.26 Å². The molecule has 2 aromatic carbocycles. The molecule has 0 saturated heterocycles. The van der Waals surface area contributed by atoms with Gasteiger partial charge < -0.3 is 4.90 Å². The van der Waals surface area contributed by atoms with Crippen LogP contribution in [0.5, 0.6) is 0 Å². The minimum Gasteiger partial charge on any atom is -0.378 e. The number of nitriles is 1. The lowest BCUT2D eigenvalue weighted by molar-refractivity contribution is 1.13. The van der Waals surface area contributed by atoms with Crippen molar-refractivity contribution in [2.24, 2.45) is 0 Å². The first-order valence-corrected chi connectivity index (χ1v) is 7.11. The van der Waals surface area contributed by atoms with Gasteiger partial charge in [-0.1, -0.05) is 41.4 Å². The van der Waals surface area contributed by atoms with Crippen LogP contribution < -0.4 is 4.90 Å². The summed E-state index contributed by atoms with van der Waals surface area (Å²) in [6.45, 7) is 0. The summed E-state index contributed by atoms with van der Waals surface area (Å²) in [5, 5.41) is 10.3. The zero-order chi connectivity index (χ0) is 15.4. The van der Waals surface area contributed by atoms with Crippen LogP contribution in [0.3, 0.4) is 0 Å². The molecule has 0 saturated carbocycles. The Bertz CT molecular complexity index is 711. The second-order valence-corrected chi connectivity index (χ2v) is 5.60. The molecule has 2 aromatic rings. The molecule has 106 valence electrons. The topological polar surface area (TPSA) is 27.0 Å². The van der Waals surface area contributed by atoms with Gasteiger partial charge in [-0.05, 0) is 41.5 Å². The van der Waals surface area contributed by atoms with Crippen LogP contribution in [-0.4, -0.2) is 14.1 Å². The molecule has 0 spiro atoms. The summed E-state index contributed by atoms with van der Waals surface area (Å²) in [5.41, 5.74) is 3.37. The molecule has 0 bridgehead atoms. The molecule has 0 aromatic heterocycles. The van der Waals surface area contributed by atoms with Crippen molar-refractivity contribution in [3.05, 3.63) is 63.6 Å². The molecule has 2 nitrogen and oxygen atoms in total. The number of benzene rings is 2. The third-order valence-electron chi connectivity index (χ3n) is 3.07. The highest BCUT2D eigenvalue weighted by molar-refractivity contribution is 6.42. The summed E-state index contributed by atoms with van der Waals surface area (Å²) in [4.78, 5) is 2.03. The summed E-state index contributed by atoms with van der Waals surface area (Å²) in [6, 6.07) is 15.4. The van der Waals surface area contributed by atoms with Crippen molar-refractivity contribution in [3.63, 3.8) is 0 Å². The lowest BCUT2D eigenvalue weighted by atomic mass is 10.0. The Kier molecular flexibility index (Phi) is 4.90. The van der Waals surface area contributed by atoms with Crippen LogP contribution in [0.15, 0.2) is 42.5 Å². The van der Waals surface area contributed by atoms with Gasteiger partial charge in [0.15, 0.2) is 0 Å². The lowest BCUT2D eigenvalue weighted by Gasteiger charge is -2.12. The minimum absolute atomic E-state index is 0.443. The highest BCUT2D eigenvalue weighted by atomic mass is 35.5. The number of rotatable bonds is 3. The number of allylic oxidation sites excluding steroid dienone is 1. The quantitative estimate of drug-likeness (QED) is 0.580. The van der Waals surface area contributed by atoms with Crippen molar-refractivity contribution >= 4 is 40.5 Å². The predicted molar refractivity (Wildman–Crippen MR) is 90.7 cm³/mol. The first-order chi connectivity index (χ1) is 10.0. The fraction of sp³-hybridized carbons (Fsp3) is 0.118. The third-order valence-corrected chi connectivity index (χ3v) is 3.81. The first kappa shape index (κ1) is 15.4. The SMILES string of the molecule is CN(C)c1ccc(/C=C(\C#N)c2ccc(Cl)c(Cl)c2)cc1. The van der Waals surface area contributed by atoms with E-state index in [0.29, 0.717) is 15.6 Å². The molecule has 21 heavy (non-hydrogen) atoms. The van der Waals surface area contributed by atoms with Gasteiger partial charge in [0, 0.05) is 19.8 Å². The smallest absolute Gasteiger partial charge is 0.0998 e. The van der Waals surface area contributed by atoms with Gasteiger partial charge >= 0.3 is 0 Å². The van der Waals surface area contributed by atoms with Gasteiger partial charge in [0.05, 0.1) is 21.7 Å². The molecule has 0 aliphatic heterocycles. The average Bonchev–Trinajstić information content (AvgIpc) is 2.48. The maximum absolute atomic E-state index is 9.34. The van der Waals surface area contributed by atoms with E-state index in [1.54, 1.807) is 18.2 Å². The van der Waals surface area contributed by atoms with E-state index in [1.807, 2.05) is 49.3 Å². The fourth-order valence-electron chi connectivity index (χ4n) is 1.88. The molecule has 0 heterocycles. The lowest BCUT2D eigenvalue weighted by Crippen LogP contribution is -2.07. The van der Waals surface area contributed by atoms with Crippen LogP contribution in [0.4, 0.5) is 5.69 Å². The maximum Gasteiger partial charge on any atom is 0.0998 e. The van der Waals surface area contributed by atoms with Crippen LogP contribution >= 0.6 is 23.2 Å². The Balaban J connectivity index is 2.36. The standard InChI is InChI=1S/C17H14Cl2N2/c1-21(2)15-6-3-12(4-7-15)9-14(11-20)13-5-8-16(18)17(19)10-13/h3-10H,1-2H3/b14-9+. The monoisotopic (exact) mass is 316 g/mol. The number of halogens is 2. The predicted octanol–water partition coefficient (Wildman–Crippen LogP) is 5.12. The van der Waals surface area contributed by atoms with E-state index in [1.165, 1.54) is 0 Å². The van der Waals surface area contributed by atoms with Gasteiger partial charge in [-0.15, -0.1) is 0 Å². The van der Waals surface area contributed by atoms with Crippen molar-refractivity contribution in [2.45, 2.75) is 0 Å². The van der Waals surface area contributed by atoms with E-state index >= 15 is 0 Å². The highest BCUT2D eigenvalue weighted by Crippen LogP contribution is 2.27. The fourth-order valence-corrected chi connectivity index (χ4v) is 2.18. The zero-order valence-corrected chi connectivity index (χ0v) is 13.3. The van der Waals surface area contributed by atoms with Crippen molar-refractivity contribution in [3.8, 4) is 6.07 Å². The molecule has 0 radical (unpaired) electrons. The number of anilines is 1. The number of hydrogen-bond donors (Lipinski definition) is 0. The normalized spacial score (nSPS) is 11.1. The van der Waals surface area contributed by atoms with Gasteiger partial charge in [-0.2, -0.15) is 5.26 Å².